The molecule has 6 nitrogen and oxygen atoms in total. The maximum atomic E-state index is 13.5. The zero-order valence-electron chi connectivity index (χ0n) is 18.2. The van der Waals surface area contributed by atoms with Crippen molar-refractivity contribution < 1.29 is 14.3 Å². The van der Waals surface area contributed by atoms with Crippen LogP contribution in [0.2, 0.25) is 0 Å². The lowest BCUT2D eigenvalue weighted by molar-refractivity contribution is -0.130. The number of carbonyl (C=O) groups is 2. The summed E-state index contributed by atoms with van der Waals surface area (Å²) in [5, 5.41) is 1.93. The fourth-order valence-corrected chi connectivity index (χ4v) is 4.27. The van der Waals surface area contributed by atoms with Gasteiger partial charge in [0.05, 0.1) is 11.2 Å². The molecule has 2 amide bonds. The van der Waals surface area contributed by atoms with Crippen molar-refractivity contribution in [3.8, 4) is 5.75 Å². The fourth-order valence-electron chi connectivity index (χ4n) is 3.72. The standard InChI is InChI=1S/C25H27N3O3S/c1-19-8-10-22(11-9-19)28(15-24(29)27-12-3-2-4-13-27)25(30)20-6-5-7-23(14-20)31-16-21-17-32-18-26-21/h5-11,14,17-18H,2-4,12-13,15-16H2,1H3. The number of carbonyl (C=O) groups excluding carboxylic acids is 2. The van der Waals surface area contributed by atoms with Gasteiger partial charge in [-0.15, -0.1) is 11.3 Å². The summed E-state index contributed by atoms with van der Waals surface area (Å²) in [5.41, 5.74) is 4.89. The van der Waals surface area contributed by atoms with E-state index in [0.717, 1.165) is 43.6 Å². The van der Waals surface area contributed by atoms with E-state index in [1.165, 1.54) is 11.3 Å². The third-order valence-corrected chi connectivity index (χ3v) is 6.18. The van der Waals surface area contributed by atoms with Crippen LogP contribution in [0.25, 0.3) is 0 Å². The molecule has 1 aliphatic rings. The van der Waals surface area contributed by atoms with Gasteiger partial charge in [0, 0.05) is 29.7 Å². The second-order valence-corrected chi connectivity index (χ2v) is 8.68. The molecule has 7 heteroatoms. The lowest BCUT2D eigenvalue weighted by Crippen LogP contribution is -2.45. The molecule has 3 aromatic rings. The summed E-state index contributed by atoms with van der Waals surface area (Å²) in [6.07, 6.45) is 3.18. The summed E-state index contributed by atoms with van der Waals surface area (Å²) in [7, 11) is 0. The van der Waals surface area contributed by atoms with Crippen molar-refractivity contribution in [3.05, 3.63) is 76.2 Å². The number of aromatic nitrogens is 1. The van der Waals surface area contributed by atoms with Gasteiger partial charge in [0.25, 0.3) is 5.91 Å². The first-order valence-corrected chi connectivity index (χ1v) is 11.8. The number of ether oxygens (including phenoxy) is 1. The van der Waals surface area contributed by atoms with Gasteiger partial charge in [-0.05, 0) is 56.5 Å². The van der Waals surface area contributed by atoms with Gasteiger partial charge < -0.3 is 9.64 Å². The molecule has 32 heavy (non-hydrogen) atoms. The highest BCUT2D eigenvalue weighted by atomic mass is 32.1. The zero-order valence-corrected chi connectivity index (χ0v) is 19.0. The average molecular weight is 450 g/mol. The van der Waals surface area contributed by atoms with Crippen LogP contribution in [0.3, 0.4) is 0 Å². The molecule has 0 aliphatic carbocycles. The van der Waals surface area contributed by atoms with E-state index in [2.05, 4.69) is 4.98 Å². The van der Waals surface area contributed by atoms with Crippen LogP contribution in [0.15, 0.2) is 59.4 Å². The van der Waals surface area contributed by atoms with E-state index in [9.17, 15) is 9.59 Å². The predicted octanol–water partition coefficient (Wildman–Crippen LogP) is 4.69. The summed E-state index contributed by atoms with van der Waals surface area (Å²) in [6, 6.07) is 14.8. The molecule has 0 radical (unpaired) electrons. The number of hydrogen-bond donors (Lipinski definition) is 0. The quantitative estimate of drug-likeness (QED) is 0.525. The van der Waals surface area contributed by atoms with Gasteiger partial charge in [0.2, 0.25) is 5.91 Å². The molecule has 2 heterocycles. The van der Waals surface area contributed by atoms with E-state index in [-0.39, 0.29) is 18.4 Å². The largest absolute Gasteiger partial charge is 0.487 e. The number of rotatable bonds is 7. The lowest BCUT2D eigenvalue weighted by atomic mass is 10.1. The molecule has 166 valence electrons. The number of thiazole rings is 1. The maximum Gasteiger partial charge on any atom is 0.258 e. The summed E-state index contributed by atoms with van der Waals surface area (Å²) >= 11 is 1.51. The van der Waals surface area contributed by atoms with Crippen molar-refractivity contribution >= 4 is 28.8 Å². The van der Waals surface area contributed by atoms with Crippen LogP contribution >= 0.6 is 11.3 Å². The first-order valence-electron chi connectivity index (χ1n) is 10.9. The second-order valence-electron chi connectivity index (χ2n) is 7.96. The van der Waals surface area contributed by atoms with Crippen molar-refractivity contribution in [2.75, 3.05) is 24.5 Å². The van der Waals surface area contributed by atoms with Crippen LogP contribution in [0, 0.1) is 6.92 Å². The van der Waals surface area contributed by atoms with E-state index < -0.39 is 0 Å². The monoisotopic (exact) mass is 449 g/mol. The normalized spacial score (nSPS) is 13.6. The second kappa shape index (κ2) is 10.4. The Morgan fingerprint density at radius 3 is 2.59 bits per heavy atom. The molecule has 0 atom stereocenters. The molecule has 0 saturated carbocycles. The number of hydrogen-bond acceptors (Lipinski definition) is 5. The number of aryl methyl sites for hydroxylation is 1. The van der Waals surface area contributed by atoms with Gasteiger partial charge >= 0.3 is 0 Å². The van der Waals surface area contributed by atoms with Crippen molar-refractivity contribution in [1.82, 2.24) is 9.88 Å². The Balaban J connectivity index is 1.54. The maximum absolute atomic E-state index is 13.5. The zero-order chi connectivity index (χ0) is 22.3. The SMILES string of the molecule is Cc1ccc(N(CC(=O)N2CCCCC2)C(=O)c2cccc(OCc3cscn3)c2)cc1. The molecule has 1 aliphatic heterocycles. The molecule has 2 aromatic carbocycles. The Hall–Kier alpha value is -3.19. The third-order valence-electron chi connectivity index (χ3n) is 5.54. The Morgan fingerprint density at radius 2 is 1.88 bits per heavy atom. The van der Waals surface area contributed by atoms with E-state index in [0.29, 0.717) is 23.6 Å². The highest BCUT2D eigenvalue weighted by molar-refractivity contribution is 7.07. The van der Waals surface area contributed by atoms with Gasteiger partial charge in [-0.2, -0.15) is 0 Å². The minimum absolute atomic E-state index is 0.0189. The smallest absolute Gasteiger partial charge is 0.258 e. The first-order chi connectivity index (χ1) is 15.6. The average Bonchev–Trinajstić information content (AvgIpc) is 3.36. The van der Waals surface area contributed by atoms with Crippen LogP contribution in [0.4, 0.5) is 5.69 Å². The van der Waals surface area contributed by atoms with Crippen LogP contribution in [-0.4, -0.2) is 41.3 Å². The van der Waals surface area contributed by atoms with Gasteiger partial charge in [-0.1, -0.05) is 23.8 Å². The first kappa shape index (κ1) is 22.0. The number of piperidine rings is 1. The van der Waals surface area contributed by atoms with E-state index in [4.69, 9.17) is 4.74 Å². The van der Waals surface area contributed by atoms with Gasteiger partial charge in [0.1, 0.15) is 18.9 Å². The molecule has 0 bridgehead atoms. The third kappa shape index (κ3) is 5.53. The summed E-state index contributed by atoms with van der Waals surface area (Å²) < 4.78 is 5.82. The predicted molar refractivity (Wildman–Crippen MR) is 126 cm³/mol. The highest BCUT2D eigenvalue weighted by Crippen LogP contribution is 2.22. The molecule has 1 fully saturated rings. The molecule has 0 unspecified atom stereocenters. The van der Waals surface area contributed by atoms with Crippen LogP contribution in [0.5, 0.6) is 5.75 Å². The van der Waals surface area contributed by atoms with Gasteiger partial charge in [-0.25, -0.2) is 4.98 Å². The van der Waals surface area contributed by atoms with Gasteiger partial charge in [0.15, 0.2) is 0 Å². The Morgan fingerprint density at radius 1 is 1.09 bits per heavy atom. The van der Waals surface area contributed by atoms with E-state index in [1.807, 2.05) is 47.5 Å². The van der Waals surface area contributed by atoms with E-state index in [1.54, 1.807) is 28.6 Å². The number of anilines is 1. The number of benzene rings is 2. The summed E-state index contributed by atoms with van der Waals surface area (Å²) in [4.78, 5) is 34.2. The Kier molecular flexibility index (Phi) is 7.17. The van der Waals surface area contributed by atoms with Crippen molar-refractivity contribution in [3.63, 3.8) is 0 Å². The van der Waals surface area contributed by atoms with Crippen molar-refractivity contribution in [2.45, 2.75) is 32.8 Å². The number of nitrogens with zero attached hydrogens (tertiary/aromatic N) is 3. The van der Waals surface area contributed by atoms with Crippen LogP contribution < -0.4 is 9.64 Å². The molecular formula is C25H27N3O3S. The highest BCUT2D eigenvalue weighted by Gasteiger charge is 2.25. The lowest BCUT2D eigenvalue weighted by Gasteiger charge is -2.30. The Bertz CT molecular complexity index is 1040. The van der Waals surface area contributed by atoms with Crippen LogP contribution in [0.1, 0.15) is 40.9 Å². The molecule has 0 spiro atoms. The Labute approximate surface area is 192 Å². The molecule has 4 rings (SSSR count). The fraction of sp³-hybridized carbons (Fsp3) is 0.320. The van der Waals surface area contributed by atoms with Crippen molar-refractivity contribution in [2.24, 2.45) is 0 Å². The minimum atomic E-state index is -0.224. The van der Waals surface area contributed by atoms with Crippen molar-refractivity contribution in [1.29, 1.82) is 0 Å². The molecular weight excluding hydrogens is 422 g/mol. The van der Waals surface area contributed by atoms with Gasteiger partial charge in [-0.3, -0.25) is 14.5 Å². The number of likely N-dealkylation sites (tertiary alicyclic amines) is 1. The summed E-state index contributed by atoms with van der Waals surface area (Å²) in [5.74, 6) is 0.350. The summed E-state index contributed by atoms with van der Waals surface area (Å²) in [6.45, 7) is 3.88. The topological polar surface area (TPSA) is 62.7 Å². The van der Waals surface area contributed by atoms with Crippen LogP contribution in [-0.2, 0) is 11.4 Å². The minimum Gasteiger partial charge on any atom is -0.487 e. The molecule has 0 N–H and O–H groups in total. The molecule has 1 aromatic heterocycles. The van der Waals surface area contributed by atoms with E-state index >= 15 is 0 Å². The molecule has 1 saturated heterocycles. The number of amides is 2.